The van der Waals surface area contributed by atoms with E-state index in [1.165, 1.54) is 0 Å². The summed E-state index contributed by atoms with van der Waals surface area (Å²) in [4.78, 5) is 27.3. The maximum Gasteiger partial charge on any atom is 0.255 e. The van der Waals surface area contributed by atoms with Crippen LogP contribution in [0.1, 0.15) is 38.1 Å². The minimum atomic E-state index is -0.627. The van der Waals surface area contributed by atoms with Crippen LogP contribution in [0.15, 0.2) is 42.5 Å². The molecule has 0 spiro atoms. The second-order valence-electron chi connectivity index (χ2n) is 8.13. The lowest BCUT2D eigenvalue weighted by atomic mass is 9.92. The van der Waals surface area contributed by atoms with Gasteiger partial charge >= 0.3 is 0 Å². The van der Waals surface area contributed by atoms with Crippen molar-refractivity contribution in [3.05, 3.63) is 53.1 Å². The third-order valence-corrected chi connectivity index (χ3v) is 4.79. The number of nitrogens with zero attached hydrogens (tertiary/aromatic N) is 1. The van der Waals surface area contributed by atoms with Crippen LogP contribution in [-0.2, 0) is 4.79 Å². The molecule has 1 aliphatic rings. The molecule has 1 N–H and O–H groups in total. The fourth-order valence-electron chi connectivity index (χ4n) is 3.10. The number of hydrogen-bond donors (Lipinski definition) is 1. The molecular formula is C22H25ClN2O3. The van der Waals surface area contributed by atoms with Gasteiger partial charge in [-0.05, 0) is 50.1 Å². The summed E-state index contributed by atoms with van der Waals surface area (Å²) in [5.41, 5.74) is 1.17. The first kappa shape index (κ1) is 20.2. The van der Waals surface area contributed by atoms with Gasteiger partial charge in [0, 0.05) is 28.9 Å². The predicted octanol–water partition coefficient (Wildman–Crippen LogP) is 5.00. The molecule has 0 unspecified atom stereocenters. The molecule has 0 saturated carbocycles. The van der Waals surface area contributed by atoms with Crippen LogP contribution < -0.4 is 15.0 Å². The van der Waals surface area contributed by atoms with E-state index in [-0.39, 0.29) is 18.4 Å². The highest BCUT2D eigenvalue weighted by molar-refractivity contribution is 6.31. The maximum atomic E-state index is 13.0. The summed E-state index contributed by atoms with van der Waals surface area (Å²) in [6.45, 7) is 8.80. The fraction of sp³-hybridized carbons (Fsp3) is 0.364. The molecule has 1 heterocycles. The van der Waals surface area contributed by atoms with Gasteiger partial charge in [-0.25, -0.2) is 0 Å². The molecule has 0 aromatic heterocycles. The van der Waals surface area contributed by atoms with Gasteiger partial charge in [0.2, 0.25) is 5.91 Å². The highest BCUT2D eigenvalue weighted by Gasteiger charge is 2.38. The Kier molecular flexibility index (Phi) is 5.66. The van der Waals surface area contributed by atoms with Crippen LogP contribution in [0.3, 0.4) is 0 Å². The Balaban J connectivity index is 1.90. The molecule has 0 bridgehead atoms. The Morgan fingerprint density at radius 1 is 1.25 bits per heavy atom. The molecule has 2 aromatic carbocycles. The smallest absolute Gasteiger partial charge is 0.255 e. The number of benzene rings is 2. The van der Waals surface area contributed by atoms with E-state index in [9.17, 15) is 9.59 Å². The van der Waals surface area contributed by atoms with E-state index in [1.54, 1.807) is 41.3 Å². The summed E-state index contributed by atoms with van der Waals surface area (Å²) in [6, 6.07) is 12.1. The standard InChI is InChI=1S/C22H25ClN2O3/c1-14(2)12-25-18-9-8-17(11-19(18)28-13-22(3,4)21(25)27)24-20(26)15-6-5-7-16(23)10-15/h5-11,14H,12-13H2,1-4H3,(H,24,26). The molecule has 2 aromatic rings. The molecule has 6 heteroatoms. The van der Waals surface area contributed by atoms with Crippen molar-refractivity contribution in [1.82, 2.24) is 0 Å². The average molecular weight is 401 g/mol. The lowest BCUT2D eigenvalue weighted by Crippen LogP contribution is -2.43. The minimum Gasteiger partial charge on any atom is -0.490 e. The number of fused-ring (bicyclic) bond motifs is 1. The Hall–Kier alpha value is -2.53. The third-order valence-electron chi connectivity index (χ3n) is 4.56. The van der Waals surface area contributed by atoms with Crippen LogP contribution in [0.25, 0.3) is 0 Å². The number of nitrogens with one attached hydrogen (secondary N) is 1. The molecule has 5 nitrogen and oxygen atoms in total. The van der Waals surface area contributed by atoms with Gasteiger partial charge in [0.25, 0.3) is 5.91 Å². The quantitative estimate of drug-likeness (QED) is 0.785. The molecule has 1 aliphatic heterocycles. The number of amides is 2. The Labute approximate surface area is 170 Å². The number of rotatable bonds is 4. The molecule has 0 atom stereocenters. The van der Waals surface area contributed by atoms with Gasteiger partial charge in [-0.1, -0.05) is 31.5 Å². The Bertz CT molecular complexity index is 908. The van der Waals surface area contributed by atoms with Crippen molar-refractivity contribution < 1.29 is 14.3 Å². The normalized spacial score (nSPS) is 15.6. The number of halogens is 1. The number of carbonyl (C=O) groups excluding carboxylic acids is 2. The lowest BCUT2D eigenvalue weighted by molar-refractivity contribution is -0.127. The first-order chi connectivity index (χ1) is 13.2. The van der Waals surface area contributed by atoms with E-state index in [1.807, 2.05) is 19.9 Å². The zero-order valence-corrected chi connectivity index (χ0v) is 17.3. The molecule has 2 amide bonds. The van der Waals surface area contributed by atoms with Crippen LogP contribution in [-0.4, -0.2) is 25.0 Å². The SMILES string of the molecule is CC(C)CN1C(=O)C(C)(C)COc2cc(NC(=O)c3cccc(Cl)c3)ccc21. The fourth-order valence-corrected chi connectivity index (χ4v) is 3.29. The highest BCUT2D eigenvalue weighted by Crippen LogP contribution is 2.38. The van der Waals surface area contributed by atoms with Crippen molar-refractivity contribution in [2.24, 2.45) is 11.3 Å². The van der Waals surface area contributed by atoms with Gasteiger partial charge in [0.15, 0.2) is 0 Å². The van der Waals surface area contributed by atoms with Crippen molar-refractivity contribution in [1.29, 1.82) is 0 Å². The highest BCUT2D eigenvalue weighted by atomic mass is 35.5. The minimum absolute atomic E-state index is 0.0377. The van der Waals surface area contributed by atoms with Crippen molar-refractivity contribution in [3.63, 3.8) is 0 Å². The molecular weight excluding hydrogens is 376 g/mol. The Morgan fingerprint density at radius 2 is 2.00 bits per heavy atom. The van der Waals surface area contributed by atoms with Gasteiger partial charge in [0.05, 0.1) is 11.1 Å². The average Bonchev–Trinajstić information content (AvgIpc) is 2.72. The lowest BCUT2D eigenvalue weighted by Gasteiger charge is -2.29. The second-order valence-corrected chi connectivity index (χ2v) is 8.57. The van der Waals surface area contributed by atoms with E-state index in [0.29, 0.717) is 34.5 Å². The summed E-state index contributed by atoms with van der Waals surface area (Å²) in [7, 11) is 0. The number of carbonyl (C=O) groups is 2. The molecule has 0 saturated heterocycles. The van der Waals surface area contributed by atoms with Gasteiger partial charge in [-0.2, -0.15) is 0 Å². The zero-order valence-electron chi connectivity index (χ0n) is 16.6. The van der Waals surface area contributed by atoms with Gasteiger partial charge in [-0.3, -0.25) is 9.59 Å². The zero-order chi connectivity index (χ0) is 20.5. The number of hydrogen-bond acceptors (Lipinski definition) is 3. The van der Waals surface area contributed by atoms with Crippen molar-refractivity contribution >= 4 is 34.8 Å². The Morgan fingerprint density at radius 3 is 2.68 bits per heavy atom. The molecule has 28 heavy (non-hydrogen) atoms. The first-order valence-electron chi connectivity index (χ1n) is 9.33. The van der Waals surface area contributed by atoms with Crippen LogP contribution >= 0.6 is 11.6 Å². The summed E-state index contributed by atoms with van der Waals surface area (Å²) in [6.07, 6.45) is 0. The molecule has 0 radical (unpaired) electrons. The summed E-state index contributed by atoms with van der Waals surface area (Å²) < 4.78 is 5.96. The maximum absolute atomic E-state index is 13.0. The van der Waals surface area contributed by atoms with E-state index in [4.69, 9.17) is 16.3 Å². The molecule has 3 rings (SSSR count). The van der Waals surface area contributed by atoms with Gasteiger partial charge < -0.3 is 15.0 Å². The predicted molar refractivity (Wildman–Crippen MR) is 112 cm³/mol. The number of ether oxygens (including phenoxy) is 1. The van der Waals surface area contributed by atoms with Crippen molar-refractivity contribution in [2.45, 2.75) is 27.7 Å². The van der Waals surface area contributed by atoms with Crippen LogP contribution in [0.5, 0.6) is 5.75 Å². The third kappa shape index (κ3) is 4.30. The summed E-state index contributed by atoms with van der Waals surface area (Å²) in [5.74, 6) is 0.679. The van der Waals surface area contributed by atoms with Gasteiger partial charge in [-0.15, -0.1) is 0 Å². The van der Waals surface area contributed by atoms with Gasteiger partial charge in [0.1, 0.15) is 12.4 Å². The number of anilines is 2. The van der Waals surface area contributed by atoms with Crippen molar-refractivity contribution in [3.8, 4) is 5.75 Å². The second kappa shape index (κ2) is 7.84. The first-order valence-corrected chi connectivity index (χ1v) is 9.71. The summed E-state index contributed by atoms with van der Waals surface area (Å²) >= 11 is 5.97. The molecule has 148 valence electrons. The van der Waals surface area contributed by atoms with E-state index in [2.05, 4.69) is 19.2 Å². The van der Waals surface area contributed by atoms with E-state index >= 15 is 0 Å². The molecule has 0 aliphatic carbocycles. The van der Waals surface area contributed by atoms with Crippen LogP contribution in [0, 0.1) is 11.3 Å². The summed E-state index contributed by atoms with van der Waals surface area (Å²) in [5, 5.41) is 3.37. The topological polar surface area (TPSA) is 58.6 Å². The van der Waals surface area contributed by atoms with Crippen LogP contribution in [0.2, 0.25) is 5.02 Å². The molecule has 0 fully saturated rings. The van der Waals surface area contributed by atoms with Crippen LogP contribution in [0.4, 0.5) is 11.4 Å². The largest absolute Gasteiger partial charge is 0.490 e. The van der Waals surface area contributed by atoms with E-state index < -0.39 is 5.41 Å². The monoisotopic (exact) mass is 400 g/mol. The van der Waals surface area contributed by atoms with E-state index in [0.717, 1.165) is 5.69 Å². The van der Waals surface area contributed by atoms with Crippen molar-refractivity contribution in [2.75, 3.05) is 23.4 Å².